The molecule has 2 aromatic rings. The van der Waals surface area contributed by atoms with Crippen LogP contribution in [0.1, 0.15) is 10.4 Å². The average Bonchev–Trinajstić information content (AvgIpc) is 2.67. The number of hydrogen-bond donors (Lipinski definition) is 1. The van der Waals surface area contributed by atoms with Crippen molar-refractivity contribution < 1.29 is 0 Å². The van der Waals surface area contributed by atoms with E-state index in [1.54, 1.807) is 11.3 Å². The first-order valence-electron chi connectivity index (χ1n) is 4.90. The van der Waals surface area contributed by atoms with E-state index in [0.29, 0.717) is 0 Å². The van der Waals surface area contributed by atoms with Crippen LogP contribution in [0.5, 0.6) is 0 Å². The summed E-state index contributed by atoms with van der Waals surface area (Å²) in [6.45, 7) is 2.89. The van der Waals surface area contributed by atoms with Gasteiger partial charge in [0.05, 0.1) is 4.34 Å². The third-order valence-corrected chi connectivity index (χ3v) is 4.56. The first-order chi connectivity index (χ1) is 7.66. The van der Waals surface area contributed by atoms with Gasteiger partial charge in [0.2, 0.25) is 0 Å². The molecule has 0 aliphatic rings. The van der Waals surface area contributed by atoms with Crippen molar-refractivity contribution in [2.24, 2.45) is 0 Å². The van der Waals surface area contributed by atoms with E-state index in [1.807, 2.05) is 18.2 Å². The van der Waals surface area contributed by atoms with Gasteiger partial charge >= 0.3 is 0 Å². The van der Waals surface area contributed by atoms with Gasteiger partial charge in [0.25, 0.3) is 0 Å². The number of rotatable bonds is 3. The van der Waals surface area contributed by atoms with E-state index in [2.05, 4.69) is 40.3 Å². The molecule has 0 aliphatic heterocycles. The lowest BCUT2D eigenvalue weighted by molar-refractivity contribution is 1.18. The highest BCUT2D eigenvalue weighted by atomic mass is 79.9. The summed E-state index contributed by atoms with van der Waals surface area (Å²) in [5.74, 6) is 0. The topological polar surface area (TPSA) is 12.0 Å². The number of benzene rings is 1. The highest BCUT2D eigenvalue weighted by molar-refractivity contribution is 9.10. The first kappa shape index (κ1) is 12.0. The summed E-state index contributed by atoms with van der Waals surface area (Å²) in [6.07, 6.45) is 0. The Kier molecular flexibility index (Phi) is 3.90. The molecule has 4 heteroatoms. The number of nitrogens with one attached hydrogen (secondary N) is 1. The number of aryl methyl sites for hydroxylation is 1. The summed E-state index contributed by atoms with van der Waals surface area (Å²) in [5.41, 5.74) is 2.35. The molecule has 1 aromatic carbocycles. The van der Waals surface area contributed by atoms with Gasteiger partial charge in [-0.1, -0.05) is 23.7 Å². The van der Waals surface area contributed by atoms with Crippen molar-refractivity contribution in [3.8, 4) is 0 Å². The van der Waals surface area contributed by atoms with E-state index >= 15 is 0 Å². The summed E-state index contributed by atoms with van der Waals surface area (Å²) in [7, 11) is 0. The van der Waals surface area contributed by atoms with E-state index in [0.717, 1.165) is 21.0 Å². The predicted molar refractivity (Wildman–Crippen MR) is 75.5 cm³/mol. The van der Waals surface area contributed by atoms with Crippen molar-refractivity contribution in [2.45, 2.75) is 13.5 Å². The zero-order valence-corrected chi connectivity index (χ0v) is 11.9. The maximum absolute atomic E-state index is 5.88. The molecular weight excluding hydrogens is 306 g/mol. The highest BCUT2D eigenvalue weighted by Gasteiger charge is 2.02. The van der Waals surface area contributed by atoms with Crippen LogP contribution in [0.25, 0.3) is 0 Å². The Morgan fingerprint density at radius 2 is 2.12 bits per heavy atom. The monoisotopic (exact) mass is 315 g/mol. The van der Waals surface area contributed by atoms with E-state index in [9.17, 15) is 0 Å². The van der Waals surface area contributed by atoms with Crippen LogP contribution in [-0.2, 0) is 6.54 Å². The normalized spacial score (nSPS) is 10.4. The van der Waals surface area contributed by atoms with E-state index in [4.69, 9.17) is 11.6 Å². The fraction of sp³-hybridized carbons (Fsp3) is 0.167. The van der Waals surface area contributed by atoms with Gasteiger partial charge in [-0.05, 0) is 46.6 Å². The third kappa shape index (κ3) is 2.78. The van der Waals surface area contributed by atoms with Crippen LogP contribution >= 0.6 is 38.9 Å². The molecule has 0 amide bonds. The molecule has 0 unspecified atom stereocenters. The number of anilines is 1. The quantitative estimate of drug-likeness (QED) is 0.832. The van der Waals surface area contributed by atoms with Gasteiger partial charge in [0.1, 0.15) is 0 Å². The maximum Gasteiger partial charge on any atom is 0.0931 e. The molecule has 0 atom stereocenters. The fourth-order valence-corrected chi connectivity index (χ4v) is 2.84. The summed E-state index contributed by atoms with van der Waals surface area (Å²) >= 11 is 11.1. The van der Waals surface area contributed by atoms with Gasteiger partial charge < -0.3 is 5.32 Å². The lowest BCUT2D eigenvalue weighted by atomic mass is 10.2. The minimum absolute atomic E-state index is 0.805. The standard InChI is InChI=1S/C12H11BrClNS/c1-8-3-2-4-10(12(8)13)15-7-9-5-6-11(14)16-9/h2-6,15H,7H2,1H3. The van der Waals surface area contributed by atoms with Crippen LogP contribution < -0.4 is 5.32 Å². The van der Waals surface area contributed by atoms with Gasteiger partial charge in [0, 0.05) is 21.6 Å². The lowest BCUT2D eigenvalue weighted by Crippen LogP contribution is -1.98. The van der Waals surface area contributed by atoms with Crippen molar-refractivity contribution in [3.05, 3.63) is 49.6 Å². The molecule has 0 bridgehead atoms. The Labute approximate surface area is 113 Å². The Morgan fingerprint density at radius 3 is 2.81 bits per heavy atom. The van der Waals surface area contributed by atoms with Crippen molar-refractivity contribution in [2.75, 3.05) is 5.32 Å². The lowest BCUT2D eigenvalue weighted by Gasteiger charge is -2.08. The SMILES string of the molecule is Cc1cccc(NCc2ccc(Cl)s2)c1Br. The highest BCUT2D eigenvalue weighted by Crippen LogP contribution is 2.27. The first-order valence-corrected chi connectivity index (χ1v) is 6.89. The van der Waals surface area contributed by atoms with Crippen molar-refractivity contribution in [1.29, 1.82) is 0 Å². The molecular formula is C12H11BrClNS. The van der Waals surface area contributed by atoms with Crippen LogP contribution in [0, 0.1) is 6.92 Å². The molecule has 2 rings (SSSR count). The Morgan fingerprint density at radius 1 is 1.31 bits per heavy atom. The molecule has 0 radical (unpaired) electrons. The van der Waals surface area contributed by atoms with Crippen molar-refractivity contribution >= 4 is 44.6 Å². The molecule has 1 aromatic heterocycles. The van der Waals surface area contributed by atoms with Gasteiger partial charge in [0.15, 0.2) is 0 Å². The molecule has 0 saturated carbocycles. The fourth-order valence-electron chi connectivity index (χ4n) is 1.41. The van der Waals surface area contributed by atoms with Crippen LogP contribution in [0.15, 0.2) is 34.8 Å². The predicted octanol–water partition coefficient (Wildman–Crippen LogP) is 5.08. The minimum Gasteiger partial charge on any atom is -0.379 e. The molecule has 1 heterocycles. The van der Waals surface area contributed by atoms with Gasteiger partial charge in [-0.3, -0.25) is 0 Å². The number of hydrogen-bond acceptors (Lipinski definition) is 2. The summed E-state index contributed by atoms with van der Waals surface area (Å²) in [5, 5.41) is 3.39. The van der Waals surface area contributed by atoms with Gasteiger partial charge in [-0.25, -0.2) is 0 Å². The molecule has 1 nitrogen and oxygen atoms in total. The van der Waals surface area contributed by atoms with Crippen molar-refractivity contribution in [1.82, 2.24) is 0 Å². The third-order valence-electron chi connectivity index (χ3n) is 2.27. The van der Waals surface area contributed by atoms with E-state index < -0.39 is 0 Å². The van der Waals surface area contributed by atoms with Crippen LogP contribution in [-0.4, -0.2) is 0 Å². The van der Waals surface area contributed by atoms with Gasteiger partial charge in [-0.2, -0.15) is 0 Å². The Balaban J connectivity index is 2.07. The zero-order valence-electron chi connectivity index (χ0n) is 8.76. The number of halogens is 2. The largest absolute Gasteiger partial charge is 0.379 e. The molecule has 0 saturated heterocycles. The van der Waals surface area contributed by atoms with Crippen molar-refractivity contribution in [3.63, 3.8) is 0 Å². The van der Waals surface area contributed by atoms with Crippen LogP contribution in [0.2, 0.25) is 4.34 Å². The second-order valence-corrected chi connectivity index (χ2v) is 6.09. The Bertz CT molecular complexity index is 496. The Hall–Kier alpha value is -0.510. The molecule has 16 heavy (non-hydrogen) atoms. The maximum atomic E-state index is 5.88. The van der Waals surface area contributed by atoms with Crippen LogP contribution in [0.4, 0.5) is 5.69 Å². The molecule has 84 valence electrons. The van der Waals surface area contributed by atoms with Gasteiger partial charge in [-0.15, -0.1) is 11.3 Å². The summed E-state index contributed by atoms with van der Waals surface area (Å²) in [4.78, 5) is 1.23. The zero-order chi connectivity index (χ0) is 11.5. The summed E-state index contributed by atoms with van der Waals surface area (Å²) < 4.78 is 1.96. The summed E-state index contributed by atoms with van der Waals surface area (Å²) in [6, 6.07) is 10.2. The van der Waals surface area contributed by atoms with E-state index in [-0.39, 0.29) is 0 Å². The molecule has 0 fully saturated rings. The molecule has 0 spiro atoms. The van der Waals surface area contributed by atoms with Crippen LogP contribution in [0.3, 0.4) is 0 Å². The minimum atomic E-state index is 0.805. The number of thiophene rings is 1. The molecule has 0 aliphatic carbocycles. The van der Waals surface area contributed by atoms with E-state index in [1.165, 1.54) is 10.4 Å². The molecule has 1 N–H and O–H groups in total. The second-order valence-electron chi connectivity index (χ2n) is 3.50. The second kappa shape index (κ2) is 5.21. The average molecular weight is 317 g/mol. The smallest absolute Gasteiger partial charge is 0.0931 e.